The second kappa shape index (κ2) is 14.5. The van der Waals surface area contributed by atoms with Gasteiger partial charge in [-0.3, -0.25) is 9.59 Å². The predicted molar refractivity (Wildman–Crippen MR) is 193 cm³/mol. The van der Waals surface area contributed by atoms with Crippen LogP contribution in [0.2, 0.25) is 0 Å². The third kappa shape index (κ3) is 6.39. The Labute approximate surface area is 307 Å². The van der Waals surface area contributed by atoms with Gasteiger partial charge in [-0.15, -0.1) is 0 Å². The molecular formula is C41H57NO10. The number of benzene rings is 1. The van der Waals surface area contributed by atoms with Crippen molar-refractivity contribution in [1.29, 1.82) is 0 Å². The summed E-state index contributed by atoms with van der Waals surface area (Å²) >= 11 is 0. The number of nitrogens with one attached hydrogen (secondary N) is 1. The first-order valence-corrected chi connectivity index (χ1v) is 19.1. The van der Waals surface area contributed by atoms with E-state index in [2.05, 4.69) is 25.2 Å². The third-order valence-corrected chi connectivity index (χ3v) is 12.5. The predicted octanol–water partition coefficient (Wildman–Crippen LogP) is 3.65. The van der Waals surface area contributed by atoms with Crippen LogP contribution in [0.3, 0.4) is 0 Å². The molecule has 2 unspecified atom stereocenters. The van der Waals surface area contributed by atoms with E-state index in [1.165, 1.54) is 0 Å². The summed E-state index contributed by atoms with van der Waals surface area (Å²) in [6, 6.07) is 6.05. The van der Waals surface area contributed by atoms with Gasteiger partial charge in [-0.05, 0) is 55.9 Å². The topological polar surface area (TPSA) is 142 Å². The van der Waals surface area contributed by atoms with Crippen LogP contribution in [-0.4, -0.2) is 90.5 Å². The molecule has 0 amide bonds. The molecule has 1 saturated carbocycles. The van der Waals surface area contributed by atoms with Crippen molar-refractivity contribution in [3.63, 3.8) is 0 Å². The lowest BCUT2D eigenvalue weighted by atomic mass is 9.48. The Bertz CT molecular complexity index is 1720. The Morgan fingerprint density at radius 3 is 2.58 bits per heavy atom. The van der Waals surface area contributed by atoms with E-state index >= 15 is 0 Å². The molecule has 8 atom stereocenters. The summed E-state index contributed by atoms with van der Waals surface area (Å²) in [5.41, 5.74) is -2.17. The van der Waals surface area contributed by atoms with E-state index in [1.807, 2.05) is 65.8 Å². The van der Waals surface area contributed by atoms with E-state index in [4.69, 9.17) is 28.4 Å². The zero-order valence-corrected chi connectivity index (χ0v) is 32.0. The summed E-state index contributed by atoms with van der Waals surface area (Å²) in [6.07, 6.45) is 4.17. The van der Waals surface area contributed by atoms with Gasteiger partial charge in [0.25, 0.3) is 0 Å². The van der Waals surface area contributed by atoms with Gasteiger partial charge in [-0.2, -0.15) is 0 Å². The van der Waals surface area contributed by atoms with Gasteiger partial charge in [-0.25, -0.2) is 4.79 Å². The smallest absolute Gasteiger partial charge is 0.334 e. The standard InChI is InChI=1S/C41H57NO10/c1-9-12-26-13-11-14-32(28(26)10-2)47-21-27(20-42-25(5)6)50-34(43)15-16-35(44)51-37-39(8)41(33(52-41)19-40(37,46)24(3)4)38(7)18-17-29-30(22-48-36(29)45)31(38)23-49-39/h10-14,24-25,27,31,33,37,42,46H,9,15-23H2,1-8H3/b26-12-,28-10+/t27-,31?,33-,37-,38-,39+,40?,41+/m0/s1. The molecule has 2 saturated heterocycles. The third-order valence-electron chi connectivity index (χ3n) is 12.5. The van der Waals surface area contributed by atoms with Crippen LogP contribution in [0.15, 0.2) is 29.3 Å². The SMILES string of the molecule is C/C=c1/c(OC[C@H](CNC(C)C)OC(=O)CCC(=O)O[C@@H]2C(O)(C(C)C)C[C@@H]3O[C@@]34[C@@]3(C)CCC5=C(COC5=O)C3CO[C@]24C)ccc/c1=C/CC. The van der Waals surface area contributed by atoms with Gasteiger partial charge in [0.1, 0.15) is 41.9 Å². The van der Waals surface area contributed by atoms with Gasteiger partial charge >= 0.3 is 17.9 Å². The molecule has 1 aromatic rings. The Hall–Kier alpha value is -3.25. The van der Waals surface area contributed by atoms with E-state index in [-0.39, 0.29) is 69.0 Å². The molecule has 3 aliphatic heterocycles. The molecule has 0 bridgehead atoms. The fourth-order valence-electron chi connectivity index (χ4n) is 9.56. The minimum Gasteiger partial charge on any atom is -0.489 e. The number of carbonyl (C=O) groups is 3. The lowest BCUT2D eigenvalue weighted by molar-refractivity contribution is -0.290. The van der Waals surface area contributed by atoms with Crippen molar-refractivity contribution in [3.8, 4) is 5.75 Å². The zero-order valence-electron chi connectivity index (χ0n) is 32.0. The van der Waals surface area contributed by atoms with E-state index in [9.17, 15) is 19.5 Å². The van der Waals surface area contributed by atoms with Crippen LogP contribution in [-0.2, 0) is 38.1 Å². The van der Waals surface area contributed by atoms with Gasteiger partial charge < -0.3 is 38.8 Å². The van der Waals surface area contributed by atoms with Gasteiger partial charge in [0, 0.05) is 41.1 Å². The fraction of sp³-hybridized carbons (Fsp3) is 0.683. The highest BCUT2D eigenvalue weighted by Gasteiger charge is 2.86. The highest BCUT2D eigenvalue weighted by Crippen LogP contribution is 2.73. The molecule has 2 aliphatic carbocycles. The van der Waals surface area contributed by atoms with Gasteiger partial charge in [0.15, 0.2) is 6.10 Å². The molecule has 6 rings (SSSR count). The van der Waals surface area contributed by atoms with Crippen molar-refractivity contribution in [1.82, 2.24) is 5.32 Å². The van der Waals surface area contributed by atoms with Crippen molar-refractivity contribution in [2.45, 2.75) is 135 Å². The number of aliphatic hydroxyl groups is 1. The molecule has 1 aromatic carbocycles. The lowest BCUT2D eigenvalue weighted by Gasteiger charge is -2.62. The van der Waals surface area contributed by atoms with Crippen LogP contribution in [0, 0.1) is 17.3 Å². The molecule has 3 fully saturated rings. The molecule has 0 aromatic heterocycles. The van der Waals surface area contributed by atoms with Gasteiger partial charge in [0.05, 0.1) is 25.6 Å². The van der Waals surface area contributed by atoms with Crippen molar-refractivity contribution in [2.75, 3.05) is 26.4 Å². The van der Waals surface area contributed by atoms with Crippen LogP contribution < -0.4 is 20.5 Å². The average Bonchev–Trinajstić information content (AvgIpc) is 3.73. The molecule has 286 valence electrons. The Morgan fingerprint density at radius 2 is 1.88 bits per heavy atom. The molecular weight excluding hydrogens is 666 g/mol. The molecule has 11 heteroatoms. The summed E-state index contributed by atoms with van der Waals surface area (Å²) in [4.78, 5) is 39.3. The first-order valence-electron chi connectivity index (χ1n) is 19.1. The van der Waals surface area contributed by atoms with Crippen LogP contribution in [0.5, 0.6) is 5.75 Å². The van der Waals surface area contributed by atoms with Crippen molar-refractivity contribution in [2.24, 2.45) is 17.3 Å². The van der Waals surface area contributed by atoms with Crippen LogP contribution in [0.25, 0.3) is 12.2 Å². The van der Waals surface area contributed by atoms with Gasteiger partial charge in [0.2, 0.25) is 0 Å². The Morgan fingerprint density at radius 1 is 1.13 bits per heavy atom. The quantitative estimate of drug-likeness (QED) is 0.175. The highest BCUT2D eigenvalue weighted by molar-refractivity contribution is 5.92. The number of esters is 3. The number of hydrogen-bond donors (Lipinski definition) is 2. The number of ether oxygens (including phenoxy) is 6. The zero-order chi connectivity index (χ0) is 37.6. The number of hydrogen-bond acceptors (Lipinski definition) is 11. The van der Waals surface area contributed by atoms with Crippen molar-refractivity contribution >= 4 is 30.1 Å². The lowest BCUT2D eigenvalue weighted by Crippen LogP contribution is -2.77. The number of carbonyl (C=O) groups excluding carboxylic acids is 3. The van der Waals surface area contributed by atoms with E-state index in [0.29, 0.717) is 25.1 Å². The average molecular weight is 724 g/mol. The van der Waals surface area contributed by atoms with E-state index < -0.39 is 46.4 Å². The van der Waals surface area contributed by atoms with Crippen molar-refractivity contribution in [3.05, 3.63) is 39.8 Å². The molecule has 52 heavy (non-hydrogen) atoms. The monoisotopic (exact) mass is 723 g/mol. The van der Waals surface area contributed by atoms with E-state index in [1.54, 1.807) is 0 Å². The first kappa shape index (κ1) is 38.5. The first-order chi connectivity index (χ1) is 24.6. The molecule has 3 heterocycles. The van der Waals surface area contributed by atoms with Crippen LogP contribution in [0.1, 0.15) is 93.9 Å². The summed E-state index contributed by atoms with van der Waals surface area (Å²) in [5.74, 6) is -1.11. The maximum atomic E-state index is 13.6. The number of cyclic esters (lactones) is 1. The maximum Gasteiger partial charge on any atom is 0.334 e. The van der Waals surface area contributed by atoms with Gasteiger partial charge in [-0.1, -0.05) is 65.8 Å². The van der Waals surface area contributed by atoms with Crippen LogP contribution >= 0.6 is 0 Å². The Kier molecular flexibility index (Phi) is 10.8. The summed E-state index contributed by atoms with van der Waals surface area (Å²) < 4.78 is 37.0. The molecule has 2 N–H and O–H groups in total. The molecule has 11 nitrogen and oxygen atoms in total. The second-order valence-corrected chi connectivity index (χ2v) is 16.2. The summed E-state index contributed by atoms with van der Waals surface area (Å²) in [6.45, 7) is 17.0. The second-order valence-electron chi connectivity index (χ2n) is 16.2. The maximum absolute atomic E-state index is 13.6. The minimum absolute atomic E-state index is 0.0930. The molecule has 0 radical (unpaired) electrons. The molecule has 1 spiro atoms. The largest absolute Gasteiger partial charge is 0.489 e. The number of fused-ring (bicyclic) bond motifs is 2. The van der Waals surface area contributed by atoms with Crippen molar-refractivity contribution < 1.29 is 47.9 Å². The number of epoxide rings is 1. The molecule has 5 aliphatic rings. The normalized spacial score (nSPS) is 34.7. The number of rotatable bonds is 13. The summed E-state index contributed by atoms with van der Waals surface area (Å²) in [5, 5.41) is 17.6. The minimum atomic E-state index is -1.43. The van der Waals surface area contributed by atoms with E-state index in [0.717, 1.165) is 28.0 Å². The van der Waals surface area contributed by atoms with Crippen LogP contribution in [0.4, 0.5) is 0 Å². The fourth-order valence-corrected chi connectivity index (χ4v) is 9.56. The Balaban J connectivity index is 1.14. The highest BCUT2D eigenvalue weighted by atomic mass is 16.7. The summed E-state index contributed by atoms with van der Waals surface area (Å²) in [7, 11) is 0.